The second-order valence-electron chi connectivity index (χ2n) is 7.95. The molecule has 0 spiro atoms. The molecule has 0 aliphatic carbocycles. The third kappa shape index (κ3) is 2.56. The first-order valence-corrected chi connectivity index (χ1v) is 8.58. The fourth-order valence-electron chi connectivity index (χ4n) is 4.58. The molecular formula is C19H22FN3O2. The van der Waals surface area contributed by atoms with Gasteiger partial charge in [-0.05, 0) is 37.6 Å². The summed E-state index contributed by atoms with van der Waals surface area (Å²) in [7, 11) is 2.10. The smallest absolute Gasteiger partial charge is 0.254 e. The first-order chi connectivity index (χ1) is 11.8. The van der Waals surface area contributed by atoms with Gasteiger partial charge < -0.3 is 14.8 Å². The summed E-state index contributed by atoms with van der Waals surface area (Å²) in [5.41, 5.74) is 0.745. The second kappa shape index (κ2) is 5.39. The third-order valence-corrected chi connectivity index (χ3v) is 5.71. The number of nitrogens with one attached hydrogen (secondary N) is 1. The van der Waals surface area contributed by atoms with Crippen molar-refractivity contribution in [2.24, 2.45) is 11.3 Å². The van der Waals surface area contributed by atoms with Crippen molar-refractivity contribution in [3.05, 3.63) is 45.5 Å². The standard InChI is InChI=1S/C19H22FN3O2/c1-11-4-13-14(6-16(24)21-17(13)15(20)5-11)18(25)23-8-12-7-22(3)9-19(12,2)10-23/h4-6,12H,7-10H2,1-3H3,(H,21,24)/t12-,19+/m1/s1. The van der Waals surface area contributed by atoms with Crippen LogP contribution < -0.4 is 5.56 Å². The normalized spacial score (nSPS) is 26.4. The average Bonchev–Trinajstić information content (AvgIpc) is 2.96. The van der Waals surface area contributed by atoms with Crippen LogP contribution in [-0.2, 0) is 0 Å². The number of rotatable bonds is 1. The molecule has 25 heavy (non-hydrogen) atoms. The zero-order chi connectivity index (χ0) is 17.9. The Kier molecular flexibility index (Phi) is 3.51. The highest BCUT2D eigenvalue weighted by Crippen LogP contribution is 2.42. The van der Waals surface area contributed by atoms with Crippen molar-refractivity contribution >= 4 is 16.8 Å². The maximum atomic E-state index is 14.2. The largest absolute Gasteiger partial charge is 0.338 e. The molecule has 0 radical (unpaired) electrons. The van der Waals surface area contributed by atoms with E-state index in [-0.39, 0.29) is 16.8 Å². The lowest BCUT2D eigenvalue weighted by Gasteiger charge is -2.24. The predicted octanol–water partition coefficient (Wildman–Crippen LogP) is 2.00. The van der Waals surface area contributed by atoms with Crippen LogP contribution in [0.15, 0.2) is 23.0 Å². The van der Waals surface area contributed by atoms with Crippen LogP contribution >= 0.6 is 0 Å². The Morgan fingerprint density at radius 3 is 2.76 bits per heavy atom. The van der Waals surface area contributed by atoms with Gasteiger partial charge in [-0.15, -0.1) is 0 Å². The number of pyridine rings is 1. The number of aromatic amines is 1. The van der Waals surface area contributed by atoms with E-state index < -0.39 is 11.4 Å². The van der Waals surface area contributed by atoms with E-state index in [0.717, 1.165) is 18.7 Å². The van der Waals surface area contributed by atoms with E-state index in [4.69, 9.17) is 0 Å². The van der Waals surface area contributed by atoms with Gasteiger partial charge in [-0.3, -0.25) is 9.59 Å². The van der Waals surface area contributed by atoms with Gasteiger partial charge in [0.05, 0.1) is 11.1 Å². The van der Waals surface area contributed by atoms with Gasteiger partial charge in [0.15, 0.2) is 0 Å². The van der Waals surface area contributed by atoms with Gasteiger partial charge >= 0.3 is 0 Å². The lowest BCUT2D eigenvalue weighted by Crippen LogP contribution is -2.35. The van der Waals surface area contributed by atoms with E-state index in [1.165, 1.54) is 12.1 Å². The molecule has 1 aromatic carbocycles. The Bertz CT molecular complexity index is 938. The molecule has 5 nitrogen and oxygen atoms in total. The van der Waals surface area contributed by atoms with Gasteiger partial charge in [0.25, 0.3) is 5.91 Å². The summed E-state index contributed by atoms with van der Waals surface area (Å²) >= 11 is 0. The van der Waals surface area contributed by atoms with Gasteiger partial charge in [0.1, 0.15) is 5.82 Å². The summed E-state index contributed by atoms with van der Waals surface area (Å²) in [5.74, 6) is -0.249. The van der Waals surface area contributed by atoms with Crippen LogP contribution in [0.5, 0.6) is 0 Å². The SMILES string of the molecule is Cc1cc(F)c2[nH]c(=O)cc(C(=O)N3C[C@H]4CN(C)C[C@@]4(C)C3)c2c1. The van der Waals surface area contributed by atoms with Crippen molar-refractivity contribution < 1.29 is 9.18 Å². The Morgan fingerprint density at radius 1 is 1.28 bits per heavy atom. The number of carbonyl (C=O) groups excluding carboxylic acids is 1. The lowest BCUT2D eigenvalue weighted by molar-refractivity contribution is 0.0767. The summed E-state index contributed by atoms with van der Waals surface area (Å²) in [6.07, 6.45) is 0. The summed E-state index contributed by atoms with van der Waals surface area (Å²) in [6, 6.07) is 4.42. The number of nitrogens with zero attached hydrogens (tertiary/aromatic N) is 2. The molecule has 1 amide bonds. The minimum absolute atomic E-state index is 0.0859. The number of halogens is 1. The summed E-state index contributed by atoms with van der Waals surface area (Å²) < 4.78 is 14.2. The van der Waals surface area contributed by atoms with Crippen LogP contribution in [0.2, 0.25) is 0 Å². The molecule has 2 atom stereocenters. The van der Waals surface area contributed by atoms with Crippen LogP contribution in [-0.4, -0.2) is 53.9 Å². The molecule has 6 heteroatoms. The van der Waals surface area contributed by atoms with Gasteiger partial charge in [-0.1, -0.05) is 6.92 Å². The van der Waals surface area contributed by atoms with E-state index in [9.17, 15) is 14.0 Å². The van der Waals surface area contributed by atoms with Crippen molar-refractivity contribution in [3.8, 4) is 0 Å². The van der Waals surface area contributed by atoms with Gasteiger partial charge in [0.2, 0.25) is 5.56 Å². The van der Waals surface area contributed by atoms with Gasteiger partial charge in [0, 0.05) is 43.0 Å². The lowest BCUT2D eigenvalue weighted by atomic mass is 9.83. The highest BCUT2D eigenvalue weighted by Gasteiger charge is 2.49. The van der Waals surface area contributed by atoms with Crippen LogP contribution in [0.3, 0.4) is 0 Å². The number of aromatic nitrogens is 1. The predicted molar refractivity (Wildman–Crippen MR) is 94.3 cm³/mol. The van der Waals surface area contributed by atoms with Crippen molar-refractivity contribution in [2.45, 2.75) is 13.8 Å². The van der Waals surface area contributed by atoms with Crippen molar-refractivity contribution in [2.75, 3.05) is 33.2 Å². The molecule has 2 aliphatic rings. The van der Waals surface area contributed by atoms with E-state index >= 15 is 0 Å². The molecule has 1 aromatic heterocycles. The number of fused-ring (bicyclic) bond motifs is 2. The molecule has 2 fully saturated rings. The molecular weight excluding hydrogens is 321 g/mol. The number of amides is 1. The molecule has 0 saturated carbocycles. The molecule has 1 N–H and O–H groups in total. The van der Waals surface area contributed by atoms with Crippen molar-refractivity contribution in [1.82, 2.24) is 14.8 Å². The number of hydrogen-bond acceptors (Lipinski definition) is 3. The van der Waals surface area contributed by atoms with E-state index in [1.807, 2.05) is 4.90 Å². The van der Waals surface area contributed by atoms with Crippen LogP contribution in [0, 0.1) is 24.1 Å². The molecule has 132 valence electrons. The Labute approximate surface area is 145 Å². The number of carbonyl (C=O) groups is 1. The quantitative estimate of drug-likeness (QED) is 0.862. The topological polar surface area (TPSA) is 56.4 Å². The van der Waals surface area contributed by atoms with Crippen molar-refractivity contribution in [3.63, 3.8) is 0 Å². The maximum Gasteiger partial charge on any atom is 0.254 e. The van der Waals surface area contributed by atoms with Crippen LogP contribution in [0.4, 0.5) is 4.39 Å². The minimum atomic E-state index is -0.506. The number of hydrogen-bond donors (Lipinski definition) is 1. The van der Waals surface area contributed by atoms with E-state index in [2.05, 4.69) is 23.9 Å². The maximum absolute atomic E-state index is 14.2. The highest BCUT2D eigenvalue weighted by molar-refractivity contribution is 6.06. The highest BCUT2D eigenvalue weighted by atomic mass is 19.1. The summed E-state index contributed by atoms with van der Waals surface area (Å²) in [6.45, 7) is 7.29. The number of H-pyrrole nitrogens is 1. The molecule has 2 aliphatic heterocycles. The molecule has 3 heterocycles. The number of aryl methyl sites for hydroxylation is 1. The molecule has 0 unspecified atom stereocenters. The van der Waals surface area contributed by atoms with E-state index in [0.29, 0.717) is 30.0 Å². The molecule has 2 saturated heterocycles. The zero-order valence-corrected chi connectivity index (χ0v) is 14.7. The first kappa shape index (κ1) is 16.3. The number of likely N-dealkylation sites (tertiary alicyclic amines) is 2. The average molecular weight is 343 g/mol. The monoisotopic (exact) mass is 343 g/mol. The molecule has 4 rings (SSSR count). The van der Waals surface area contributed by atoms with Crippen LogP contribution in [0.1, 0.15) is 22.8 Å². The van der Waals surface area contributed by atoms with Crippen LogP contribution in [0.25, 0.3) is 10.9 Å². The molecule has 2 aromatic rings. The fourth-order valence-corrected chi connectivity index (χ4v) is 4.58. The number of benzene rings is 1. The Balaban J connectivity index is 1.76. The van der Waals surface area contributed by atoms with Gasteiger partial charge in [-0.2, -0.15) is 0 Å². The van der Waals surface area contributed by atoms with Gasteiger partial charge in [-0.25, -0.2) is 4.39 Å². The Morgan fingerprint density at radius 2 is 2.04 bits per heavy atom. The minimum Gasteiger partial charge on any atom is -0.338 e. The second-order valence-corrected chi connectivity index (χ2v) is 7.95. The zero-order valence-electron chi connectivity index (χ0n) is 14.7. The fraction of sp³-hybridized carbons (Fsp3) is 0.474. The van der Waals surface area contributed by atoms with Crippen molar-refractivity contribution in [1.29, 1.82) is 0 Å². The summed E-state index contributed by atoms with van der Waals surface area (Å²) in [4.78, 5) is 31.7. The molecule has 0 bridgehead atoms. The Hall–Kier alpha value is -2.21. The van der Waals surface area contributed by atoms with E-state index in [1.54, 1.807) is 13.0 Å². The first-order valence-electron chi connectivity index (χ1n) is 8.58. The summed E-state index contributed by atoms with van der Waals surface area (Å²) in [5, 5.41) is 0.474. The third-order valence-electron chi connectivity index (χ3n) is 5.71.